The molecule has 0 bridgehead atoms. The van der Waals surface area contributed by atoms with E-state index >= 15 is 0 Å². The molecule has 2 aromatic rings. The molecule has 1 N–H and O–H groups in total. The van der Waals surface area contributed by atoms with Gasteiger partial charge in [-0.2, -0.15) is 0 Å². The monoisotopic (exact) mass is 411 g/mol. The molecule has 2 aliphatic rings. The quantitative estimate of drug-likeness (QED) is 0.773. The van der Waals surface area contributed by atoms with Crippen LogP contribution in [0.1, 0.15) is 24.8 Å². The van der Waals surface area contributed by atoms with E-state index in [1.54, 1.807) is 0 Å². The molecule has 1 atom stereocenters. The van der Waals surface area contributed by atoms with Crippen LogP contribution in [0.4, 0.5) is 5.69 Å². The molecule has 2 aliphatic heterocycles. The molecule has 2 heterocycles. The molecule has 154 valence electrons. The summed E-state index contributed by atoms with van der Waals surface area (Å²) in [7, 11) is 0. The van der Waals surface area contributed by atoms with Gasteiger partial charge in [-0.05, 0) is 68.1 Å². The molecule has 5 heteroatoms. The molecule has 2 saturated heterocycles. The van der Waals surface area contributed by atoms with Gasteiger partial charge in [0.2, 0.25) is 5.91 Å². The van der Waals surface area contributed by atoms with Crippen LogP contribution in [-0.2, 0) is 11.3 Å². The van der Waals surface area contributed by atoms with Crippen molar-refractivity contribution in [2.75, 3.05) is 37.6 Å². The van der Waals surface area contributed by atoms with E-state index in [2.05, 4.69) is 57.6 Å². The normalized spacial score (nSPS) is 20.7. The van der Waals surface area contributed by atoms with Crippen LogP contribution in [0.2, 0.25) is 5.02 Å². The summed E-state index contributed by atoms with van der Waals surface area (Å²) < 4.78 is 0. The Morgan fingerprint density at radius 2 is 1.69 bits per heavy atom. The number of likely N-dealkylation sites (tertiary alicyclic amines) is 1. The third-order valence-electron chi connectivity index (χ3n) is 6.25. The van der Waals surface area contributed by atoms with Crippen LogP contribution in [0.15, 0.2) is 54.6 Å². The van der Waals surface area contributed by atoms with Crippen molar-refractivity contribution < 1.29 is 4.79 Å². The number of hydrogen-bond acceptors (Lipinski definition) is 3. The Hall–Kier alpha value is -2.04. The smallest absolute Gasteiger partial charge is 0.223 e. The molecule has 0 aromatic heterocycles. The van der Waals surface area contributed by atoms with Crippen LogP contribution >= 0.6 is 11.6 Å². The number of nitrogens with one attached hydrogen (secondary N) is 1. The van der Waals surface area contributed by atoms with Crippen molar-refractivity contribution in [1.82, 2.24) is 10.2 Å². The molecule has 2 aromatic carbocycles. The number of nitrogens with zero attached hydrogens (tertiary/aromatic N) is 2. The highest BCUT2D eigenvalue weighted by Gasteiger charge is 2.27. The number of amides is 1. The van der Waals surface area contributed by atoms with Crippen molar-refractivity contribution in [3.05, 3.63) is 65.2 Å². The van der Waals surface area contributed by atoms with Crippen molar-refractivity contribution in [1.29, 1.82) is 0 Å². The average molecular weight is 412 g/mol. The molecule has 29 heavy (non-hydrogen) atoms. The number of carbonyl (C=O) groups is 1. The summed E-state index contributed by atoms with van der Waals surface area (Å²) in [5.74, 6) is 0.929. The van der Waals surface area contributed by atoms with Crippen molar-refractivity contribution in [2.45, 2.75) is 25.8 Å². The van der Waals surface area contributed by atoms with Crippen LogP contribution < -0.4 is 10.2 Å². The summed E-state index contributed by atoms with van der Waals surface area (Å²) in [6.07, 6.45) is 3.04. The van der Waals surface area contributed by atoms with Gasteiger partial charge in [0.15, 0.2) is 0 Å². The van der Waals surface area contributed by atoms with Gasteiger partial charge < -0.3 is 10.2 Å². The number of benzene rings is 2. The van der Waals surface area contributed by atoms with Gasteiger partial charge in [0.25, 0.3) is 0 Å². The van der Waals surface area contributed by atoms with E-state index in [1.807, 2.05) is 12.1 Å². The Labute approximate surface area is 178 Å². The largest absolute Gasteiger partial charge is 0.371 e. The lowest BCUT2D eigenvalue weighted by Gasteiger charge is -2.31. The average Bonchev–Trinajstić information content (AvgIpc) is 3.23. The Balaban J connectivity index is 1.17. The number of halogens is 1. The first kappa shape index (κ1) is 20.2. The molecule has 4 nitrogen and oxygen atoms in total. The maximum absolute atomic E-state index is 12.7. The zero-order valence-electron chi connectivity index (χ0n) is 16.9. The van der Waals surface area contributed by atoms with Crippen LogP contribution in [0.5, 0.6) is 0 Å². The minimum absolute atomic E-state index is 0.163. The molecule has 1 unspecified atom stereocenters. The third kappa shape index (κ3) is 5.52. The zero-order chi connectivity index (χ0) is 20.1. The zero-order valence-corrected chi connectivity index (χ0v) is 17.7. The lowest BCUT2D eigenvalue weighted by molar-refractivity contribution is -0.126. The second kappa shape index (κ2) is 9.64. The highest BCUT2D eigenvalue weighted by atomic mass is 35.5. The van der Waals surface area contributed by atoms with E-state index in [4.69, 9.17) is 11.6 Å². The van der Waals surface area contributed by atoms with Crippen LogP contribution in [0, 0.1) is 11.8 Å². The van der Waals surface area contributed by atoms with Gasteiger partial charge in [-0.25, -0.2) is 0 Å². The Kier molecular flexibility index (Phi) is 6.73. The molecule has 1 amide bonds. The second-order valence-corrected chi connectivity index (χ2v) is 8.79. The van der Waals surface area contributed by atoms with Crippen molar-refractivity contribution >= 4 is 23.2 Å². The number of piperidine rings is 1. The van der Waals surface area contributed by atoms with Gasteiger partial charge in [0.1, 0.15) is 0 Å². The fourth-order valence-electron chi connectivity index (χ4n) is 4.47. The molecule has 0 saturated carbocycles. The van der Waals surface area contributed by atoms with Gasteiger partial charge in [-0.15, -0.1) is 0 Å². The molecule has 0 aliphatic carbocycles. The highest BCUT2D eigenvalue weighted by Crippen LogP contribution is 2.25. The highest BCUT2D eigenvalue weighted by molar-refractivity contribution is 6.30. The Bertz CT molecular complexity index is 788. The van der Waals surface area contributed by atoms with E-state index in [1.165, 1.54) is 11.3 Å². The van der Waals surface area contributed by atoms with Gasteiger partial charge in [0.05, 0.1) is 0 Å². The first-order valence-corrected chi connectivity index (χ1v) is 11.1. The Morgan fingerprint density at radius 3 is 2.41 bits per heavy atom. The fraction of sp³-hybridized carbons (Fsp3) is 0.458. The van der Waals surface area contributed by atoms with Crippen LogP contribution in [0.3, 0.4) is 0 Å². The van der Waals surface area contributed by atoms with E-state index in [9.17, 15) is 4.79 Å². The number of rotatable bonds is 6. The lowest BCUT2D eigenvalue weighted by atomic mass is 9.95. The predicted octanol–water partition coefficient (Wildman–Crippen LogP) is 4.19. The summed E-state index contributed by atoms with van der Waals surface area (Å²) in [5, 5.41) is 4.00. The molecule has 2 fully saturated rings. The van der Waals surface area contributed by atoms with E-state index < -0.39 is 0 Å². The molecular weight excluding hydrogens is 382 g/mol. The first-order chi connectivity index (χ1) is 14.2. The maximum atomic E-state index is 12.7. The molecule has 4 rings (SSSR count). The minimum atomic E-state index is 0.163. The number of hydrogen-bond donors (Lipinski definition) is 1. The van der Waals surface area contributed by atoms with Gasteiger partial charge in [0, 0.05) is 42.8 Å². The van der Waals surface area contributed by atoms with Crippen molar-refractivity contribution in [2.24, 2.45) is 11.8 Å². The first-order valence-electron chi connectivity index (χ1n) is 10.7. The summed E-state index contributed by atoms with van der Waals surface area (Å²) in [6.45, 7) is 5.81. The minimum Gasteiger partial charge on any atom is -0.371 e. The number of carbonyl (C=O) groups excluding carboxylic acids is 1. The van der Waals surface area contributed by atoms with Crippen LogP contribution in [0.25, 0.3) is 0 Å². The molecule has 0 spiro atoms. The fourth-order valence-corrected chi connectivity index (χ4v) is 4.60. The summed E-state index contributed by atoms with van der Waals surface area (Å²) >= 11 is 5.99. The van der Waals surface area contributed by atoms with Crippen molar-refractivity contribution in [3.63, 3.8) is 0 Å². The SMILES string of the molecule is O=C(NCC1CCN(c2ccc(Cl)cc2)C1)C1CCN(Cc2ccccc2)CC1. The Morgan fingerprint density at radius 1 is 0.966 bits per heavy atom. The van der Waals surface area contributed by atoms with E-state index in [-0.39, 0.29) is 11.8 Å². The molecule has 0 radical (unpaired) electrons. The van der Waals surface area contributed by atoms with Gasteiger partial charge >= 0.3 is 0 Å². The van der Waals surface area contributed by atoms with Gasteiger partial charge in [-0.3, -0.25) is 9.69 Å². The van der Waals surface area contributed by atoms with Crippen LogP contribution in [-0.4, -0.2) is 43.5 Å². The van der Waals surface area contributed by atoms with Crippen molar-refractivity contribution in [3.8, 4) is 0 Å². The summed E-state index contributed by atoms with van der Waals surface area (Å²) in [5.41, 5.74) is 2.57. The maximum Gasteiger partial charge on any atom is 0.223 e. The lowest BCUT2D eigenvalue weighted by Crippen LogP contribution is -2.41. The summed E-state index contributed by atoms with van der Waals surface area (Å²) in [6, 6.07) is 18.6. The molecular formula is C24H30ClN3O. The summed E-state index contributed by atoms with van der Waals surface area (Å²) in [4.78, 5) is 17.5. The predicted molar refractivity (Wildman–Crippen MR) is 119 cm³/mol. The third-order valence-corrected chi connectivity index (χ3v) is 6.50. The topological polar surface area (TPSA) is 35.6 Å². The standard InChI is InChI=1S/C24H30ClN3O/c25-22-6-8-23(9-7-22)28-15-10-20(18-28)16-26-24(29)21-11-13-27(14-12-21)17-19-4-2-1-3-5-19/h1-9,20-21H,10-18H2,(H,26,29). The van der Waals surface area contributed by atoms with Gasteiger partial charge in [-0.1, -0.05) is 41.9 Å². The van der Waals surface area contributed by atoms with E-state index in [0.29, 0.717) is 5.92 Å². The number of anilines is 1. The second-order valence-electron chi connectivity index (χ2n) is 8.36. The van der Waals surface area contributed by atoms with E-state index in [0.717, 1.165) is 63.6 Å².